The fourth-order valence-corrected chi connectivity index (χ4v) is 1.56. The highest BCUT2D eigenvalue weighted by molar-refractivity contribution is 9.10. The highest BCUT2D eigenvalue weighted by Crippen LogP contribution is 2.20. The SMILES string of the molecule is CC(C)COCCOCc1ccc(Br)c(N)c1. The molecule has 1 aromatic carbocycles. The molecule has 0 amide bonds. The Morgan fingerprint density at radius 3 is 2.59 bits per heavy atom. The summed E-state index contributed by atoms with van der Waals surface area (Å²) in [5.74, 6) is 0.571. The molecule has 0 spiro atoms. The van der Waals surface area contributed by atoms with Crippen molar-refractivity contribution >= 4 is 21.6 Å². The monoisotopic (exact) mass is 301 g/mol. The third-order valence-corrected chi connectivity index (χ3v) is 2.87. The molecule has 0 fully saturated rings. The number of benzene rings is 1. The van der Waals surface area contributed by atoms with E-state index in [0.29, 0.717) is 25.7 Å². The lowest BCUT2D eigenvalue weighted by molar-refractivity contribution is 0.0314. The second-order valence-electron chi connectivity index (χ2n) is 4.38. The van der Waals surface area contributed by atoms with E-state index in [2.05, 4.69) is 29.8 Å². The quantitative estimate of drug-likeness (QED) is 0.621. The summed E-state index contributed by atoms with van der Waals surface area (Å²) in [7, 11) is 0. The molecule has 3 nitrogen and oxygen atoms in total. The molecule has 1 aromatic rings. The van der Waals surface area contributed by atoms with Gasteiger partial charge in [-0.25, -0.2) is 0 Å². The van der Waals surface area contributed by atoms with Crippen molar-refractivity contribution in [3.05, 3.63) is 28.2 Å². The number of anilines is 1. The van der Waals surface area contributed by atoms with Crippen molar-refractivity contribution in [1.29, 1.82) is 0 Å². The van der Waals surface area contributed by atoms with Gasteiger partial charge in [-0.3, -0.25) is 0 Å². The highest BCUT2D eigenvalue weighted by Gasteiger charge is 1.99. The third-order valence-electron chi connectivity index (χ3n) is 2.15. The molecular formula is C13H20BrNO2. The van der Waals surface area contributed by atoms with E-state index >= 15 is 0 Å². The van der Waals surface area contributed by atoms with Gasteiger partial charge in [0.1, 0.15) is 0 Å². The zero-order chi connectivity index (χ0) is 12.7. The lowest BCUT2D eigenvalue weighted by atomic mass is 10.2. The van der Waals surface area contributed by atoms with Crippen molar-refractivity contribution < 1.29 is 9.47 Å². The van der Waals surface area contributed by atoms with Crippen molar-refractivity contribution in [2.24, 2.45) is 5.92 Å². The molecule has 96 valence electrons. The van der Waals surface area contributed by atoms with Crippen LogP contribution in [0.3, 0.4) is 0 Å². The van der Waals surface area contributed by atoms with E-state index in [1.54, 1.807) is 0 Å². The first-order valence-corrected chi connectivity index (χ1v) is 6.58. The second kappa shape index (κ2) is 7.69. The van der Waals surface area contributed by atoms with Gasteiger partial charge in [-0.1, -0.05) is 19.9 Å². The molecule has 2 N–H and O–H groups in total. The molecule has 0 saturated heterocycles. The van der Waals surface area contributed by atoms with Crippen LogP contribution in [-0.4, -0.2) is 19.8 Å². The number of rotatable bonds is 7. The topological polar surface area (TPSA) is 44.5 Å². The van der Waals surface area contributed by atoms with Crippen LogP contribution in [0, 0.1) is 5.92 Å². The minimum absolute atomic E-state index is 0.571. The van der Waals surface area contributed by atoms with Gasteiger partial charge in [0, 0.05) is 16.8 Å². The molecule has 0 radical (unpaired) electrons. The summed E-state index contributed by atoms with van der Waals surface area (Å²) in [6.45, 7) is 6.88. The fourth-order valence-electron chi connectivity index (χ4n) is 1.31. The lowest BCUT2D eigenvalue weighted by Crippen LogP contribution is -2.08. The largest absolute Gasteiger partial charge is 0.398 e. The first-order chi connectivity index (χ1) is 8.09. The molecule has 17 heavy (non-hydrogen) atoms. The first-order valence-electron chi connectivity index (χ1n) is 5.79. The zero-order valence-corrected chi connectivity index (χ0v) is 12.0. The summed E-state index contributed by atoms with van der Waals surface area (Å²) < 4.78 is 11.8. The highest BCUT2D eigenvalue weighted by atomic mass is 79.9. The van der Waals surface area contributed by atoms with Crippen LogP contribution in [-0.2, 0) is 16.1 Å². The predicted octanol–water partition coefficient (Wildman–Crippen LogP) is 3.22. The number of nitrogen functional groups attached to an aromatic ring is 1. The van der Waals surface area contributed by atoms with Gasteiger partial charge in [-0.05, 0) is 39.5 Å². The van der Waals surface area contributed by atoms with Crippen LogP contribution < -0.4 is 5.73 Å². The van der Waals surface area contributed by atoms with Crippen LogP contribution in [0.1, 0.15) is 19.4 Å². The van der Waals surface area contributed by atoms with Crippen LogP contribution >= 0.6 is 15.9 Å². The Hall–Kier alpha value is -0.580. The summed E-state index contributed by atoms with van der Waals surface area (Å²) in [5.41, 5.74) is 7.60. The maximum Gasteiger partial charge on any atom is 0.0718 e. The summed E-state index contributed by atoms with van der Waals surface area (Å²) in [5, 5.41) is 0. The average molecular weight is 302 g/mol. The number of halogens is 1. The Bertz CT molecular complexity index is 342. The van der Waals surface area contributed by atoms with Gasteiger partial charge >= 0.3 is 0 Å². The number of hydrogen-bond donors (Lipinski definition) is 1. The van der Waals surface area contributed by atoms with E-state index in [0.717, 1.165) is 22.3 Å². The van der Waals surface area contributed by atoms with Gasteiger partial charge in [0.15, 0.2) is 0 Å². The molecule has 0 saturated carbocycles. The summed E-state index contributed by atoms with van der Waals surface area (Å²) in [6.07, 6.45) is 0. The maximum atomic E-state index is 5.78. The molecule has 0 aromatic heterocycles. The molecule has 0 aliphatic rings. The Morgan fingerprint density at radius 2 is 1.94 bits per heavy atom. The molecule has 1 rings (SSSR count). The van der Waals surface area contributed by atoms with Crippen LogP contribution in [0.25, 0.3) is 0 Å². The summed E-state index contributed by atoms with van der Waals surface area (Å²) in [6, 6.07) is 5.85. The minimum Gasteiger partial charge on any atom is -0.398 e. The van der Waals surface area contributed by atoms with Crippen molar-refractivity contribution in [2.45, 2.75) is 20.5 Å². The first kappa shape index (κ1) is 14.5. The molecule has 0 heterocycles. The second-order valence-corrected chi connectivity index (χ2v) is 5.23. The van der Waals surface area contributed by atoms with Gasteiger partial charge in [-0.15, -0.1) is 0 Å². The van der Waals surface area contributed by atoms with Crippen LogP contribution in [0.2, 0.25) is 0 Å². The third kappa shape index (κ3) is 6.05. The van der Waals surface area contributed by atoms with E-state index in [1.807, 2.05) is 18.2 Å². The Kier molecular flexibility index (Phi) is 6.55. The van der Waals surface area contributed by atoms with Gasteiger partial charge < -0.3 is 15.2 Å². The van der Waals surface area contributed by atoms with Crippen molar-refractivity contribution in [1.82, 2.24) is 0 Å². The van der Waals surface area contributed by atoms with E-state index < -0.39 is 0 Å². The molecule has 0 atom stereocenters. The van der Waals surface area contributed by atoms with E-state index in [1.165, 1.54) is 0 Å². The predicted molar refractivity (Wildman–Crippen MR) is 73.9 cm³/mol. The van der Waals surface area contributed by atoms with Gasteiger partial charge in [0.2, 0.25) is 0 Å². The Balaban J connectivity index is 2.16. The summed E-state index contributed by atoms with van der Waals surface area (Å²) >= 11 is 3.36. The molecule has 0 bridgehead atoms. The normalized spacial score (nSPS) is 11.1. The van der Waals surface area contributed by atoms with Crippen molar-refractivity contribution in [3.8, 4) is 0 Å². The molecule has 0 aliphatic heterocycles. The van der Waals surface area contributed by atoms with Crippen molar-refractivity contribution in [3.63, 3.8) is 0 Å². The molecule has 0 unspecified atom stereocenters. The van der Waals surface area contributed by atoms with Crippen LogP contribution in [0.5, 0.6) is 0 Å². The Labute approximate surface area is 111 Å². The fraction of sp³-hybridized carbons (Fsp3) is 0.538. The van der Waals surface area contributed by atoms with Crippen LogP contribution in [0.15, 0.2) is 22.7 Å². The van der Waals surface area contributed by atoms with E-state index in [4.69, 9.17) is 15.2 Å². The lowest BCUT2D eigenvalue weighted by Gasteiger charge is -2.08. The number of hydrogen-bond acceptors (Lipinski definition) is 3. The Morgan fingerprint density at radius 1 is 1.24 bits per heavy atom. The van der Waals surface area contributed by atoms with E-state index in [9.17, 15) is 0 Å². The van der Waals surface area contributed by atoms with Crippen molar-refractivity contribution in [2.75, 3.05) is 25.6 Å². The average Bonchev–Trinajstić information content (AvgIpc) is 2.27. The maximum absolute atomic E-state index is 5.78. The standard InChI is InChI=1S/C13H20BrNO2/c1-10(2)8-16-5-6-17-9-11-3-4-12(14)13(15)7-11/h3-4,7,10H,5-6,8-9,15H2,1-2H3. The number of nitrogens with two attached hydrogens (primary N) is 1. The van der Waals surface area contributed by atoms with Crippen LogP contribution in [0.4, 0.5) is 5.69 Å². The molecular weight excluding hydrogens is 282 g/mol. The molecule has 4 heteroatoms. The van der Waals surface area contributed by atoms with Gasteiger partial charge in [0.05, 0.1) is 19.8 Å². The molecule has 0 aliphatic carbocycles. The smallest absolute Gasteiger partial charge is 0.0718 e. The van der Waals surface area contributed by atoms with Gasteiger partial charge in [-0.2, -0.15) is 0 Å². The minimum atomic E-state index is 0.571. The summed E-state index contributed by atoms with van der Waals surface area (Å²) in [4.78, 5) is 0. The number of ether oxygens (including phenoxy) is 2. The van der Waals surface area contributed by atoms with E-state index in [-0.39, 0.29) is 0 Å². The zero-order valence-electron chi connectivity index (χ0n) is 10.4. The van der Waals surface area contributed by atoms with Gasteiger partial charge in [0.25, 0.3) is 0 Å².